The van der Waals surface area contributed by atoms with Crippen molar-refractivity contribution < 1.29 is 9.84 Å². The Hall–Kier alpha value is -1.55. The third-order valence-corrected chi connectivity index (χ3v) is 2.45. The number of hydrogen-bond acceptors (Lipinski definition) is 3. The highest BCUT2D eigenvalue weighted by Gasteiger charge is 2.01. The number of para-hydroxylation sites is 1. The standard InChI is InChI=1S/C13H20N2O2/c14-13(15)7-3-4-10-17-12-6-2-1-5-11(12)8-9-16/h1-2,5-6,16H,3-4,7-10H2,(H3,14,15). The summed E-state index contributed by atoms with van der Waals surface area (Å²) in [7, 11) is 0. The number of aliphatic hydroxyl groups is 1. The zero-order valence-corrected chi connectivity index (χ0v) is 9.98. The molecule has 0 aliphatic carbocycles. The molecule has 0 heterocycles. The molecule has 0 unspecified atom stereocenters. The summed E-state index contributed by atoms with van der Waals surface area (Å²) in [6, 6.07) is 7.73. The molecule has 17 heavy (non-hydrogen) atoms. The van der Waals surface area contributed by atoms with E-state index >= 15 is 0 Å². The molecule has 0 aliphatic heterocycles. The molecule has 1 aromatic rings. The topological polar surface area (TPSA) is 79.3 Å². The summed E-state index contributed by atoms with van der Waals surface area (Å²) < 4.78 is 5.65. The molecule has 0 bridgehead atoms. The van der Waals surface area contributed by atoms with E-state index in [4.69, 9.17) is 21.0 Å². The van der Waals surface area contributed by atoms with Gasteiger partial charge in [-0.2, -0.15) is 0 Å². The summed E-state index contributed by atoms with van der Waals surface area (Å²) in [4.78, 5) is 0. The van der Waals surface area contributed by atoms with Crippen molar-refractivity contribution >= 4 is 5.84 Å². The molecule has 0 fully saturated rings. The third kappa shape index (κ3) is 5.36. The van der Waals surface area contributed by atoms with E-state index in [9.17, 15) is 0 Å². The molecule has 0 aliphatic rings. The second-order valence-corrected chi connectivity index (χ2v) is 3.91. The molecule has 0 aromatic heterocycles. The van der Waals surface area contributed by atoms with Crippen LogP contribution in [0.1, 0.15) is 24.8 Å². The van der Waals surface area contributed by atoms with Gasteiger partial charge in [0, 0.05) is 13.0 Å². The van der Waals surface area contributed by atoms with E-state index in [1.165, 1.54) is 0 Å². The molecule has 4 heteroatoms. The molecule has 0 radical (unpaired) electrons. The van der Waals surface area contributed by atoms with Crippen LogP contribution in [0.2, 0.25) is 0 Å². The van der Waals surface area contributed by atoms with Crippen molar-refractivity contribution in [1.82, 2.24) is 0 Å². The maximum atomic E-state index is 8.92. The van der Waals surface area contributed by atoms with Gasteiger partial charge in [-0.05, 0) is 30.9 Å². The van der Waals surface area contributed by atoms with Crippen molar-refractivity contribution in [2.45, 2.75) is 25.7 Å². The second kappa shape index (κ2) is 7.68. The minimum atomic E-state index is 0.130. The molecular weight excluding hydrogens is 216 g/mol. The van der Waals surface area contributed by atoms with E-state index in [1.807, 2.05) is 24.3 Å². The Morgan fingerprint density at radius 2 is 2.06 bits per heavy atom. The Bertz CT molecular complexity index is 353. The fraction of sp³-hybridized carbons (Fsp3) is 0.462. The summed E-state index contributed by atoms with van der Waals surface area (Å²) in [6.07, 6.45) is 3.00. The molecule has 94 valence electrons. The highest BCUT2D eigenvalue weighted by Crippen LogP contribution is 2.18. The SMILES string of the molecule is N=C(N)CCCCOc1ccccc1CCO. The van der Waals surface area contributed by atoms with Crippen LogP contribution in [-0.2, 0) is 6.42 Å². The molecule has 0 saturated heterocycles. The van der Waals surface area contributed by atoms with E-state index in [0.29, 0.717) is 19.4 Å². The van der Waals surface area contributed by atoms with Gasteiger partial charge in [-0.1, -0.05) is 18.2 Å². The van der Waals surface area contributed by atoms with Crippen LogP contribution in [0.5, 0.6) is 5.75 Å². The Morgan fingerprint density at radius 3 is 2.76 bits per heavy atom. The summed E-state index contributed by atoms with van der Waals surface area (Å²) in [5.74, 6) is 1.06. The first-order chi connectivity index (χ1) is 8.24. The average Bonchev–Trinajstić information content (AvgIpc) is 2.31. The van der Waals surface area contributed by atoms with Crippen molar-refractivity contribution in [2.24, 2.45) is 5.73 Å². The smallest absolute Gasteiger partial charge is 0.122 e. The van der Waals surface area contributed by atoms with Gasteiger partial charge in [0.1, 0.15) is 5.75 Å². The van der Waals surface area contributed by atoms with Crippen molar-refractivity contribution in [2.75, 3.05) is 13.2 Å². The highest BCUT2D eigenvalue weighted by atomic mass is 16.5. The second-order valence-electron chi connectivity index (χ2n) is 3.91. The van der Waals surface area contributed by atoms with Crippen LogP contribution < -0.4 is 10.5 Å². The number of aliphatic hydroxyl groups excluding tert-OH is 1. The number of rotatable bonds is 8. The maximum Gasteiger partial charge on any atom is 0.122 e. The van der Waals surface area contributed by atoms with Crippen LogP contribution in [0.4, 0.5) is 0 Å². The van der Waals surface area contributed by atoms with Gasteiger partial charge in [-0.15, -0.1) is 0 Å². The van der Waals surface area contributed by atoms with Crippen molar-refractivity contribution in [3.05, 3.63) is 29.8 Å². The van der Waals surface area contributed by atoms with Gasteiger partial charge in [0.2, 0.25) is 0 Å². The normalized spacial score (nSPS) is 10.2. The number of benzene rings is 1. The zero-order valence-electron chi connectivity index (χ0n) is 9.98. The number of unbranched alkanes of at least 4 members (excludes halogenated alkanes) is 1. The largest absolute Gasteiger partial charge is 0.493 e. The number of amidine groups is 1. The molecule has 1 rings (SSSR count). The van der Waals surface area contributed by atoms with Crippen LogP contribution in [0.3, 0.4) is 0 Å². The summed E-state index contributed by atoms with van der Waals surface area (Å²) in [5, 5.41) is 16.0. The number of ether oxygens (including phenoxy) is 1. The Kier molecular flexibility index (Phi) is 6.10. The first-order valence-corrected chi connectivity index (χ1v) is 5.88. The van der Waals surface area contributed by atoms with E-state index in [-0.39, 0.29) is 12.4 Å². The van der Waals surface area contributed by atoms with Gasteiger partial charge in [0.25, 0.3) is 0 Å². The van der Waals surface area contributed by atoms with Gasteiger partial charge >= 0.3 is 0 Å². The minimum absolute atomic E-state index is 0.130. The predicted octanol–water partition coefficient (Wildman–Crippen LogP) is 1.71. The predicted molar refractivity (Wildman–Crippen MR) is 68.5 cm³/mol. The Labute approximate surface area is 102 Å². The molecule has 0 atom stereocenters. The van der Waals surface area contributed by atoms with Crippen molar-refractivity contribution in [3.8, 4) is 5.75 Å². The lowest BCUT2D eigenvalue weighted by Crippen LogP contribution is -2.09. The van der Waals surface area contributed by atoms with Gasteiger partial charge in [-0.3, -0.25) is 5.41 Å². The van der Waals surface area contributed by atoms with E-state index in [1.54, 1.807) is 0 Å². The summed E-state index contributed by atoms with van der Waals surface area (Å²) >= 11 is 0. The van der Waals surface area contributed by atoms with Gasteiger partial charge in [-0.25, -0.2) is 0 Å². The van der Waals surface area contributed by atoms with Crippen molar-refractivity contribution in [3.63, 3.8) is 0 Å². The molecule has 1 aromatic carbocycles. The number of hydrogen-bond donors (Lipinski definition) is 3. The van der Waals surface area contributed by atoms with Crippen LogP contribution in [0.25, 0.3) is 0 Å². The van der Waals surface area contributed by atoms with Gasteiger partial charge in [0.15, 0.2) is 0 Å². The quantitative estimate of drug-likeness (QED) is 0.365. The molecule has 0 amide bonds. The van der Waals surface area contributed by atoms with Crippen LogP contribution in [0.15, 0.2) is 24.3 Å². The molecular formula is C13H20N2O2. The first kappa shape index (κ1) is 13.5. The monoisotopic (exact) mass is 236 g/mol. The lowest BCUT2D eigenvalue weighted by atomic mass is 10.1. The lowest BCUT2D eigenvalue weighted by molar-refractivity contribution is 0.285. The fourth-order valence-corrected chi connectivity index (χ4v) is 1.57. The average molecular weight is 236 g/mol. The van der Waals surface area contributed by atoms with E-state index in [0.717, 1.165) is 24.2 Å². The Balaban J connectivity index is 2.33. The Morgan fingerprint density at radius 1 is 1.29 bits per heavy atom. The van der Waals surface area contributed by atoms with Crippen molar-refractivity contribution in [1.29, 1.82) is 5.41 Å². The van der Waals surface area contributed by atoms with Crippen LogP contribution in [-0.4, -0.2) is 24.2 Å². The van der Waals surface area contributed by atoms with Crippen LogP contribution in [0, 0.1) is 5.41 Å². The minimum Gasteiger partial charge on any atom is -0.493 e. The first-order valence-electron chi connectivity index (χ1n) is 5.88. The van der Waals surface area contributed by atoms with Crippen LogP contribution >= 0.6 is 0 Å². The molecule has 4 nitrogen and oxygen atoms in total. The summed E-state index contributed by atoms with van der Waals surface area (Å²) in [5.41, 5.74) is 6.29. The lowest BCUT2D eigenvalue weighted by Gasteiger charge is -2.10. The highest BCUT2D eigenvalue weighted by molar-refractivity contribution is 5.76. The van der Waals surface area contributed by atoms with E-state index < -0.39 is 0 Å². The number of nitrogens with one attached hydrogen (secondary N) is 1. The van der Waals surface area contributed by atoms with E-state index in [2.05, 4.69) is 0 Å². The molecule has 4 N–H and O–H groups in total. The number of nitrogens with two attached hydrogens (primary N) is 1. The molecule has 0 saturated carbocycles. The molecule has 0 spiro atoms. The fourth-order valence-electron chi connectivity index (χ4n) is 1.57. The van der Waals surface area contributed by atoms with Gasteiger partial charge < -0.3 is 15.6 Å². The third-order valence-electron chi connectivity index (χ3n) is 2.45. The summed E-state index contributed by atoms with van der Waals surface area (Å²) in [6.45, 7) is 0.750. The maximum absolute atomic E-state index is 8.92. The van der Waals surface area contributed by atoms with Gasteiger partial charge in [0.05, 0.1) is 12.4 Å². The zero-order chi connectivity index (χ0) is 12.5.